The van der Waals surface area contributed by atoms with Crippen LogP contribution < -0.4 is 14.4 Å². The average Bonchev–Trinajstić information content (AvgIpc) is 3.43. The maximum atomic E-state index is 13.4. The highest BCUT2D eigenvalue weighted by molar-refractivity contribution is 7.89. The first-order valence-corrected chi connectivity index (χ1v) is 11.8. The summed E-state index contributed by atoms with van der Waals surface area (Å²) in [6.07, 6.45) is 2.95. The molecule has 30 heavy (non-hydrogen) atoms. The molecule has 2 saturated heterocycles. The lowest BCUT2D eigenvalue weighted by Crippen LogP contribution is -2.31. The van der Waals surface area contributed by atoms with E-state index in [0.717, 1.165) is 30.5 Å². The second kappa shape index (κ2) is 7.59. The summed E-state index contributed by atoms with van der Waals surface area (Å²) >= 11 is 0. The van der Waals surface area contributed by atoms with Gasteiger partial charge in [-0.3, -0.25) is 4.79 Å². The summed E-state index contributed by atoms with van der Waals surface area (Å²) in [5, 5.41) is 0. The Kier molecular flexibility index (Phi) is 4.91. The molecular formula is C22H24N2O5S. The summed E-state index contributed by atoms with van der Waals surface area (Å²) in [5.41, 5.74) is 1.67. The summed E-state index contributed by atoms with van der Waals surface area (Å²) in [5.74, 6) is 1.45. The summed E-state index contributed by atoms with van der Waals surface area (Å²) in [6.45, 7) is 2.18. The van der Waals surface area contributed by atoms with Crippen LogP contribution in [-0.2, 0) is 14.8 Å². The largest absolute Gasteiger partial charge is 0.486 e. The third kappa shape index (κ3) is 3.33. The van der Waals surface area contributed by atoms with E-state index in [9.17, 15) is 13.2 Å². The van der Waals surface area contributed by atoms with Crippen LogP contribution in [0.2, 0.25) is 0 Å². The van der Waals surface area contributed by atoms with E-state index in [1.54, 1.807) is 33.5 Å². The molecule has 5 rings (SSSR count). The molecule has 0 aromatic heterocycles. The molecule has 8 heteroatoms. The van der Waals surface area contributed by atoms with E-state index < -0.39 is 10.0 Å². The number of hydrogen-bond donors (Lipinski definition) is 0. The molecule has 3 aliphatic rings. The highest BCUT2D eigenvalue weighted by Crippen LogP contribution is 2.40. The molecule has 0 unspecified atom stereocenters. The van der Waals surface area contributed by atoms with E-state index in [-0.39, 0.29) is 16.8 Å². The zero-order valence-electron chi connectivity index (χ0n) is 16.6. The van der Waals surface area contributed by atoms with Crippen molar-refractivity contribution in [3.8, 4) is 11.5 Å². The normalized spacial score (nSPS) is 21.9. The molecule has 7 nitrogen and oxygen atoms in total. The van der Waals surface area contributed by atoms with Gasteiger partial charge in [-0.25, -0.2) is 8.42 Å². The van der Waals surface area contributed by atoms with E-state index in [1.165, 1.54) is 0 Å². The maximum absolute atomic E-state index is 13.4. The molecule has 3 heterocycles. The minimum atomic E-state index is -3.65. The molecule has 3 aliphatic heterocycles. The van der Waals surface area contributed by atoms with Crippen molar-refractivity contribution in [1.82, 2.24) is 4.31 Å². The number of benzene rings is 2. The van der Waals surface area contributed by atoms with E-state index in [1.807, 2.05) is 18.2 Å². The predicted octanol–water partition coefficient (Wildman–Crippen LogP) is 3.11. The fourth-order valence-corrected chi connectivity index (χ4v) is 6.17. The third-order valence-electron chi connectivity index (χ3n) is 5.98. The lowest BCUT2D eigenvalue weighted by atomic mass is 10.0. The lowest BCUT2D eigenvalue weighted by Gasteiger charge is -2.26. The van der Waals surface area contributed by atoms with Crippen molar-refractivity contribution in [2.75, 3.05) is 31.2 Å². The van der Waals surface area contributed by atoms with Crippen LogP contribution in [0.15, 0.2) is 47.4 Å². The van der Waals surface area contributed by atoms with Crippen LogP contribution in [0.25, 0.3) is 0 Å². The summed E-state index contributed by atoms with van der Waals surface area (Å²) in [6, 6.07) is 12.1. The van der Waals surface area contributed by atoms with E-state index in [4.69, 9.17) is 9.47 Å². The monoisotopic (exact) mass is 428 g/mol. The van der Waals surface area contributed by atoms with Gasteiger partial charge in [0.05, 0.1) is 10.9 Å². The molecule has 1 atom stereocenters. The predicted molar refractivity (Wildman–Crippen MR) is 111 cm³/mol. The Labute approximate surface area is 176 Å². The van der Waals surface area contributed by atoms with Crippen LogP contribution in [0, 0.1) is 0 Å². The van der Waals surface area contributed by atoms with Gasteiger partial charge >= 0.3 is 0 Å². The quantitative estimate of drug-likeness (QED) is 0.748. The standard InChI is InChI=1S/C22H24N2O5S/c25-22-4-2-11-23(22)17-6-8-18(9-7-17)30(26,27)24-12-1-3-19(24)16-5-10-20-21(15-16)29-14-13-28-20/h5-10,15,19H,1-4,11-14H2/t19-/m0/s1. The molecular weight excluding hydrogens is 404 g/mol. The highest BCUT2D eigenvalue weighted by Gasteiger charge is 2.37. The van der Waals surface area contributed by atoms with E-state index in [0.29, 0.717) is 44.2 Å². The van der Waals surface area contributed by atoms with Gasteiger partial charge in [-0.1, -0.05) is 6.07 Å². The lowest BCUT2D eigenvalue weighted by molar-refractivity contribution is -0.117. The Morgan fingerprint density at radius 3 is 2.40 bits per heavy atom. The molecule has 2 aromatic carbocycles. The Morgan fingerprint density at radius 2 is 1.67 bits per heavy atom. The van der Waals surface area contributed by atoms with Gasteiger partial charge in [0.1, 0.15) is 13.2 Å². The van der Waals surface area contributed by atoms with Gasteiger partial charge in [0.15, 0.2) is 11.5 Å². The molecule has 2 aromatic rings. The van der Waals surface area contributed by atoms with E-state index in [2.05, 4.69) is 0 Å². The summed E-state index contributed by atoms with van der Waals surface area (Å²) in [4.78, 5) is 13.9. The Morgan fingerprint density at radius 1 is 0.900 bits per heavy atom. The van der Waals surface area contributed by atoms with Crippen molar-refractivity contribution < 1.29 is 22.7 Å². The fourth-order valence-electron chi connectivity index (χ4n) is 4.48. The van der Waals surface area contributed by atoms with Gasteiger partial charge < -0.3 is 14.4 Å². The van der Waals surface area contributed by atoms with Gasteiger partial charge in [-0.05, 0) is 61.2 Å². The maximum Gasteiger partial charge on any atom is 0.243 e. The van der Waals surface area contributed by atoms with Crippen molar-refractivity contribution in [2.45, 2.75) is 36.6 Å². The van der Waals surface area contributed by atoms with Gasteiger partial charge in [0.25, 0.3) is 0 Å². The number of nitrogens with zero attached hydrogens (tertiary/aromatic N) is 2. The average molecular weight is 429 g/mol. The zero-order chi connectivity index (χ0) is 20.7. The van der Waals surface area contributed by atoms with Gasteiger partial charge in [-0.2, -0.15) is 4.31 Å². The smallest absolute Gasteiger partial charge is 0.243 e. The van der Waals surface area contributed by atoms with Crippen LogP contribution in [0.1, 0.15) is 37.3 Å². The van der Waals surface area contributed by atoms with Crippen LogP contribution in [0.3, 0.4) is 0 Å². The van der Waals surface area contributed by atoms with Gasteiger partial charge in [-0.15, -0.1) is 0 Å². The number of fused-ring (bicyclic) bond motifs is 1. The first-order chi connectivity index (χ1) is 14.5. The second-order valence-corrected chi connectivity index (χ2v) is 9.71. The minimum absolute atomic E-state index is 0.0869. The van der Waals surface area contributed by atoms with Gasteiger partial charge in [0, 0.05) is 25.2 Å². The van der Waals surface area contributed by atoms with Crippen LogP contribution >= 0.6 is 0 Å². The molecule has 0 saturated carbocycles. The zero-order valence-corrected chi connectivity index (χ0v) is 17.4. The Hall–Kier alpha value is -2.58. The third-order valence-corrected chi connectivity index (χ3v) is 7.91. The summed E-state index contributed by atoms with van der Waals surface area (Å²) in [7, 11) is -3.65. The SMILES string of the molecule is O=C1CCCN1c1ccc(S(=O)(=O)N2CCC[C@H]2c2ccc3c(c2)OCCO3)cc1. The van der Waals surface area contributed by atoms with Crippen molar-refractivity contribution in [1.29, 1.82) is 0 Å². The number of rotatable bonds is 4. The number of carbonyl (C=O) groups is 1. The minimum Gasteiger partial charge on any atom is -0.486 e. The number of ether oxygens (including phenoxy) is 2. The van der Waals surface area contributed by atoms with Crippen molar-refractivity contribution in [2.24, 2.45) is 0 Å². The second-order valence-electron chi connectivity index (χ2n) is 7.82. The van der Waals surface area contributed by atoms with Crippen molar-refractivity contribution in [3.63, 3.8) is 0 Å². The highest BCUT2D eigenvalue weighted by atomic mass is 32.2. The molecule has 2 fully saturated rings. The number of anilines is 1. The molecule has 0 N–H and O–H groups in total. The number of sulfonamides is 1. The summed E-state index contributed by atoms with van der Waals surface area (Å²) < 4.78 is 39.6. The molecule has 0 bridgehead atoms. The molecule has 0 radical (unpaired) electrons. The van der Waals surface area contributed by atoms with Crippen molar-refractivity contribution in [3.05, 3.63) is 48.0 Å². The topological polar surface area (TPSA) is 76.2 Å². The van der Waals surface area contributed by atoms with E-state index >= 15 is 0 Å². The van der Waals surface area contributed by atoms with Gasteiger partial charge in [0.2, 0.25) is 15.9 Å². The number of hydrogen-bond acceptors (Lipinski definition) is 5. The molecule has 158 valence electrons. The van der Waals surface area contributed by atoms with Crippen LogP contribution in [0.5, 0.6) is 11.5 Å². The number of carbonyl (C=O) groups excluding carboxylic acids is 1. The first-order valence-electron chi connectivity index (χ1n) is 10.4. The number of amides is 1. The van der Waals surface area contributed by atoms with Crippen LogP contribution in [-0.4, -0.2) is 44.9 Å². The Balaban J connectivity index is 1.41. The first kappa shape index (κ1) is 19.4. The fraction of sp³-hybridized carbons (Fsp3) is 0.409. The molecule has 0 aliphatic carbocycles. The van der Waals surface area contributed by atoms with Crippen LogP contribution in [0.4, 0.5) is 5.69 Å². The molecule has 0 spiro atoms. The Bertz CT molecular complexity index is 1070. The molecule has 1 amide bonds. The van der Waals surface area contributed by atoms with Crippen molar-refractivity contribution >= 4 is 21.6 Å².